The molecule has 0 spiro atoms. The van der Waals surface area contributed by atoms with Crippen LogP contribution in [0.15, 0.2) is 5.16 Å². The summed E-state index contributed by atoms with van der Waals surface area (Å²) in [6.45, 7) is 0. The second-order valence-electron chi connectivity index (χ2n) is 0.970. The van der Waals surface area contributed by atoms with Gasteiger partial charge in [0.25, 0.3) is 5.91 Å². The summed E-state index contributed by atoms with van der Waals surface area (Å²) in [5, 5.41) is 11.9. The fraction of sp³-hybridized carbons (Fsp3) is 0.333. The SMILES string of the molecule is CNC(=O)/C(Cl)=N\O. The van der Waals surface area contributed by atoms with E-state index >= 15 is 0 Å². The predicted molar refractivity (Wildman–Crippen MR) is 29.1 cm³/mol. The van der Waals surface area contributed by atoms with E-state index in [0.717, 1.165) is 0 Å². The Morgan fingerprint density at radius 1 is 1.88 bits per heavy atom. The zero-order valence-corrected chi connectivity index (χ0v) is 4.94. The Morgan fingerprint density at radius 2 is 2.38 bits per heavy atom. The molecule has 1 amide bonds. The van der Waals surface area contributed by atoms with Gasteiger partial charge in [0.1, 0.15) is 0 Å². The van der Waals surface area contributed by atoms with E-state index in [9.17, 15) is 4.79 Å². The third-order valence-corrected chi connectivity index (χ3v) is 0.749. The van der Waals surface area contributed by atoms with Gasteiger partial charge in [-0.3, -0.25) is 4.79 Å². The third kappa shape index (κ3) is 1.79. The van der Waals surface area contributed by atoms with Crippen molar-refractivity contribution in [3.63, 3.8) is 0 Å². The summed E-state index contributed by atoms with van der Waals surface area (Å²) in [4.78, 5) is 10.2. The van der Waals surface area contributed by atoms with Crippen LogP contribution in [-0.4, -0.2) is 23.3 Å². The zero-order valence-electron chi connectivity index (χ0n) is 4.18. The van der Waals surface area contributed by atoms with E-state index in [1.54, 1.807) is 0 Å². The highest BCUT2D eigenvalue weighted by molar-refractivity contribution is 6.82. The van der Waals surface area contributed by atoms with Crippen molar-refractivity contribution in [2.75, 3.05) is 7.05 Å². The minimum absolute atomic E-state index is 0.465. The molecule has 0 aromatic carbocycles. The predicted octanol–water partition coefficient (Wildman–Crippen LogP) is -0.241. The molecule has 0 heterocycles. The molecule has 0 rings (SSSR count). The molecule has 0 saturated carbocycles. The molecule has 0 atom stereocenters. The molecule has 0 aromatic heterocycles. The van der Waals surface area contributed by atoms with Crippen LogP contribution in [0, 0.1) is 0 Å². The normalized spacial score (nSPS) is 11.0. The van der Waals surface area contributed by atoms with Crippen LogP contribution in [0.1, 0.15) is 0 Å². The second kappa shape index (κ2) is 3.26. The van der Waals surface area contributed by atoms with Gasteiger partial charge in [-0.15, -0.1) is 0 Å². The van der Waals surface area contributed by atoms with E-state index in [1.807, 2.05) is 0 Å². The topological polar surface area (TPSA) is 61.7 Å². The van der Waals surface area contributed by atoms with E-state index in [0.29, 0.717) is 0 Å². The first-order valence-electron chi connectivity index (χ1n) is 1.82. The first-order valence-corrected chi connectivity index (χ1v) is 2.19. The maximum absolute atomic E-state index is 10.2. The lowest BCUT2D eigenvalue weighted by Gasteiger charge is -1.89. The van der Waals surface area contributed by atoms with Crippen LogP contribution in [0.4, 0.5) is 0 Å². The van der Waals surface area contributed by atoms with Crippen molar-refractivity contribution < 1.29 is 10.0 Å². The van der Waals surface area contributed by atoms with Crippen LogP contribution in [-0.2, 0) is 4.79 Å². The molecule has 0 aliphatic rings. The van der Waals surface area contributed by atoms with Crippen LogP contribution in [0.25, 0.3) is 0 Å². The van der Waals surface area contributed by atoms with Gasteiger partial charge in [-0.05, 0) is 0 Å². The number of nitrogens with one attached hydrogen (secondary N) is 1. The Bertz CT molecular complexity index is 122. The minimum Gasteiger partial charge on any atom is -0.409 e. The van der Waals surface area contributed by atoms with Crippen molar-refractivity contribution in [3.05, 3.63) is 0 Å². The number of halogens is 1. The lowest BCUT2D eigenvalue weighted by atomic mass is 10.7. The summed E-state index contributed by atoms with van der Waals surface area (Å²) in [7, 11) is 1.38. The summed E-state index contributed by atoms with van der Waals surface area (Å²) >= 11 is 5.00. The van der Waals surface area contributed by atoms with E-state index < -0.39 is 11.1 Å². The Hall–Kier alpha value is -0.770. The summed E-state index contributed by atoms with van der Waals surface area (Å²) in [5.74, 6) is -0.603. The number of amides is 1. The van der Waals surface area contributed by atoms with E-state index in [4.69, 9.17) is 16.8 Å². The van der Waals surface area contributed by atoms with Gasteiger partial charge in [0.2, 0.25) is 5.17 Å². The molecule has 0 saturated heterocycles. The molecule has 8 heavy (non-hydrogen) atoms. The average molecular weight is 137 g/mol. The molecule has 5 heteroatoms. The summed E-state index contributed by atoms with van der Waals surface area (Å²) < 4.78 is 0. The van der Waals surface area contributed by atoms with E-state index in [2.05, 4.69) is 10.5 Å². The number of rotatable bonds is 1. The number of oxime groups is 1. The lowest BCUT2D eigenvalue weighted by Crippen LogP contribution is -2.23. The Balaban J connectivity index is 3.83. The number of carbonyl (C=O) groups excluding carboxylic acids is 1. The largest absolute Gasteiger partial charge is 0.409 e. The van der Waals surface area contributed by atoms with Crippen LogP contribution in [0.3, 0.4) is 0 Å². The van der Waals surface area contributed by atoms with Gasteiger partial charge >= 0.3 is 0 Å². The summed E-state index contributed by atoms with van der Waals surface area (Å²) in [6.07, 6.45) is 0. The van der Waals surface area contributed by atoms with Crippen molar-refractivity contribution in [2.45, 2.75) is 0 Å². The first kappa shape index (κ1) is 7.23. The Morgan fingerprint density at radius 3 is 2.50 bits per heavy atom. The molecule has 0 unspecified atom stereocenters. The van der Waals surface area contributed by atoms with Gasteiger partial charge in [-0.25, -0.2) is 0 Å². The summed E-state index contributed by atoms with van der Waals surface area (Å²) in [5.41, 5.74) is 0. The number of carbonyl (C=O) groups is 1. The van der Waals surface area contributed by atoms with E-state index in [1.165, 1.54) is 7.05 Å². The average Bonchev–Trinajstić information content (AvgIpc) is 1.84. The molecule has 4 nitrogen and oxygen atoms in total. The van der Waals surface area contributed by atoms with Crippen molar-refractivity contribution >= 4 is 22.7 Å². The molecule has 0 aromatic rings. The second-order valence-corrected chi connectivity index (χ2v) is 1.33. The highest BCUT2D eigenvalue weighted by atomic mass is 35.5. The van der Waals surface area contributed by atoms with Gasteiger partial charge in [0, 0.05) is 7.05 Å². The van der Waals surface area contributed by atoms with Crippen molar-refractivity contribution in [3.8, 4) is 0 Å². The monoisotopic (exact) mass is 136 g/mol. The summed E-state index contributed by atoms with van der Waals surface area (Å²) in [6, 6.07) is 0. The van der Waals surface area contributed by atoms with Crippen molar-refractivity contribution in [1.29, 1.82) is 0 Å². The van der Waals surface area contributed by atoms with Crippen LogP contribution in [0.2, 0.25) is 0 Å². The molecule has 0 aliphatic heterocycles. The molecule has 46 valence electrons. The maximum atomic E-state index is 10.2. The maximum Gasteiger partial charge on any atom is 0.284 e. The molecular formula is C3H5ClN2O2. The van der Waals surface area contributed by atoms with Gasteiger partial charge in [-0.2, -0.15) is 0 Å². The highest BCUT2D eigenvalue weighted by Gasteiger charge is 2.03. The number of hydrogen-bond acceptors (Lipinski definition) is 3. The van der Waals surface area contributed by atoms with Crippen molar-refractivity contribution in [2.24, 2.45) is 5.16 Å². The number of nitrogens with zero attached hydrogens (tertiary/aromatic N) is 1. The van der Waals surface area contributed by atoms with Crippen LogP contribution in [0.5, 0.6) is 0 Å². The molecular weight excluding hydrogens is 131 g/mol. The Labute approximate surface area is 51.1 Å². The molecule has 0 fully saturated rings. The first-order chi connectivity index (χ1) is 3.72. The highest BCUT2D eigenvalue weighted by Crippen LogP contribution is 1.81. The third-order valence-electron chi connectivity index (χ3n) is 0.502. The lowest BCUT2D eigenvalue weighted by molar-refractivity contribution is -0.114. The van der Waals surface area contributed by atoms with Crippen LogP contribution < -0.4 is 5.32 Å². The minimum atomic E-state index is -0.603. The van der Waals surface area contributed by atoms with Crippen molar-refractivity contribution in [1.82, 2.24) is 5.32 Å². The smallest absolute Gasteiger partial charge is 0.284 e. The number of hydrogen-bond donors (Lipinski definition) is 2. The zero-order chi connectivity index (χ0) is 6.57. The standard InChI is InChI=1S/C3H5ClN2O2/c1-5-3(7)2(4)6-8/h8H,1H3,(H,5,7)/b6-2+. The quantitative estimate of drug-likeness (QED) is 0.297. The van der Waals surface area contributed by atoms with Gasteiger partial charge in [0.05, 0.1) is 0 Å². The molecule has 0 radical (unpaired) electrons. The fourth-order valence-electron chi connectivity index (χ4n) is 0.149. The molecule has 2 N–H and O–H groups in total. The molecule has 0 aliphatic carbocycles. The van der Waals surface area contributed by atoms with Crippen LogP contribution >= 0.6 is 11.6 Å². The fourth-order valence-corrected chi connectivity index (χ4v) is 0.243. The van der Waals surface area contributed by atoms with Gasteiger partial charge < -0.3 is 10.5 Å². The van der Waals surface area contributed by atoms with Gasteiger partial charge in [0.15, 0.2) is 0 Å². The Kier molecular flexibility index (Phi) is 2.95. The van der Waals surface area contributed by atoms with Gasteiger partial charge in [-0.1, -0.05) is 16.8 Å². The molecule has 0 bridgehead atoms. The van der Waals surface area contributed by atoms with E-state index in [-0.39, 0.29) is 0 Å².